The predicted octanol–water partition coefficient (Wildman–Crippen LogP) is 0.858. The Balaban J connectivity index is 1.78. The minimum Gasteiger partial charge on any atom is -0.492 e. The smallest absolute Gasteiger partial charge is 0.119 e. The maximum absolute atomic E-state index is 5.57. The SMILES string of the molecule is NCCc1cn(CCOc2ccccc2)nn1. The average Bonchev–Trinajstić information content (AvgIpc) is 2.79. The fourth-order valence-electron chi connectivity index (χ4n) is 1.48. The lowest BCUT2D eigenvalue weighted by atomic mass is 10.3. The summed E-state index contributed by atoms with van der Waals surface area (Å²) in [5.74, 6) is 0.870. The fourth-order valence-corrected chi connectivity index (χ4v) is 1.48. The highest BCUT2D eigenvalue weighted by molar-refractivity contribution is 5.20. The van der Waals surface area contributed by atoms with E-state index in [1.165, 1.54) is 0 Å². The number of benzene rings is 1. The molecule has 0 bridgehead atoms. The lowest BCUT2D eigenvalue weighted by Gasteiger charge is -2.04. The molecule has 0 saturated heterocycles. The molecule has 90 valence electrons. The average molecular weight is 232 g/mol. The second-order valence-electron chi connectivity index (χ2n) is 3.67. The van der Waals surface area contributed by atoms with Gasteiger partial charge in [0.25, 0.3) is 0 Å². The third-order valence-corrected chi connectivity index (χ3v) is 2.32. The molecular weight excluding hydrogens is 216 g/mol. The quantitative estimate of drug-likeness (QED) is 0.802. The van der Waals surface area contributed by atoms with Crippen LogP contribution in [0.4, 0.5) is 0 Å². The zero-order valence-corrected chi connectivity index (χ0v) is 9.62. The van der Waals surface area contributed by atoms with Crippen LogP contribution in [0, 0.1) is 0 Å². The van der Waals surface area contributed by atoms with Crippen molar-refractivity contribution in [1.82, 2.24) is 15.0 Å². The number of hydrogen-bond acceptors (Lipinski definition) is 4. The van der Waals surface area contributed by atoms with Crippen molar-refractivity contribution in [2.75, 3.05) is 13.2 Å². The largest absolute Gasteiger partial charge is 0.492 e. The molecule has 0 unspecified atom stereocenters. The zero-order valence-electron chi connectivity index (χ0n) is 9.62. The number of rotatable bonds is 6. The van der Waals surface area contributed by atoms with Gasteiger partial charge in [-0.1, -0.05) is 23.4 Å². The van der Waals surface area contributed by atoms with Gasteiger partial charge in [-0.05, 0) is 18.7 Å². The van der Waals surface area contributed by atoms with Crippen LogP contribution >= 0.6 is 0 Å². The van der Waals surface area contributed by atoms with E-state index in [4.69, 9.17) is 10.5 Å². The third kappa shape index (κ3) is 3.57. The lowest BCUT2D eigenvalue weighted by molar-refractivity contribution is 0.289. The van der Waals surface area contributed by atoms with Crippen molar-refractivity contribution in [3.63, 3.8) is 0 Å². The van der Waals surface area contributed by atoms with Crippen molar-refractivity contribution in [3.05, 3.63) is 42.2 Å². The first-order valence-corrected chi connectivity index (χ1v) is 5.65. The normalized spacial score (nSPS) is 10.4. The molecule has 0 amide bonds. The van der Waals surface area contributed by atoms with Crippen molar-refractivity contribution >= 4 is 0 Å². The molecule has 5 nitrogen and oxygen atoms in total. The van der Waals surface area contributed by atoms with Crippen LogP contribution in [0.3, 0.4) is 0 Å². The molecule has 1 aromatic carbocycles. The summed E-state index contributed by atoms with van der Waals surface area (Å²) >= 11 is 0. The van der Waals surface area contributed by atoms with Crippen LogP contribution in [0.15, 0.2) is 36.5 Å². The van der Waals surface area contributed by atoms with Gasteiger partial charge in [-0.3, -0.25) is 0 Å². The summed E-state index contributed by atoms with van der Waals surface area (Å²) in [5, 5.41) is 8.01. The molecule has 0 aliphatic rings. The van der Waals surface area contributed by atoms with Gasteiger partial charge in [-0.25, -0.2) is 4.68 Å². The number of ether oxygens (including phenoxy) is 1. The standard InChI is InChI=1S/C12H16N4O/c13-7-6-11-10-16(15-14-11)8-9-17-12-4-2-1-3-5-12/h1-5,10H,6-9,13H2. The molecule has 0 aliphatic carbocycles. The van der Waals surface area contributed by atoms with Gasteiger partial charge in [0.1, 0.15) is 12.4 Å². The van der Waals surface area contributed by atoms with Crippen molar-refractivity contribution in [1.29, 1.82) is 0 Å². The number of hydrogen-bond donors (Lipinski definition) is 1. The van der Waals surface area contributed by atoms with Gasteiger partial charge in [0.2, 0.25) is 0 Å². The van der Waals surface area contributed by atoms with Crippen molar-refractivity contribution in [2.24, 2.45) is 5.73 Å². The molecule has 0 spiro atoms. The minimum absolute atomic E-state index is 0.579. The lowest BCUT2D eigenvalue weighted by Crippen LogP contribution is -2.08. The molecule has 2 rings (SSSR count). The van der Waals surface area contributed by atoms with Crippen LogP contribution in [0.2, 0.25) is 0 Å². The van der Waals surface area contributed by atoms with Crippen molar-refractivity contribution in [2.45, 2.75) is 13.0 Å². The van der Waals surface area contributed by atoms with Crippen LogP contribution in [-0.4, -0.2) is 28.1 Å². The molecular formula is C12H16N4O. The molecule has 17 heavy (non-hydrogen) atoms. The van der Waals surface area contributed by atoms with Gasteiger partial charge < -0.3 is 10.5 Å². The van der Waals surface area contributed by atoms with E-state index >= 15 is 0 Å². The van der Waals surface area contributed by atoms with E-state index in [0.717, 1.165) is 17.9 Å². The number of para-hydroxylation sites is 1. The van der Waals surface area contributed by atoms with Gasteiger partial charge in [0.15, 0.2) is 0 Å². The molecule has 1 heterocycles. The summed E-state index contributed by atoms with van der Waals surface area (Å²) in [7, 11) is 0. The van der Waals surface area contributed by atoms with Crippen molar-refractivity contribution < 1.29 is 4.74 Å². The molecule has 0 fully saturated rings. The minimum atomic E-state index is 0.579. The summed E-state index contributed by atoms with van der Waals surface area (Å²) in [6.45, 7) is 1.86. The van der Waals surface area contributed by atoms with Gasteiger partial charge in [0.05, 0.1) is 12.2 Å². The van der Waals surface area contributed by atoms with E-state index in [1.807, 2.05) is 36.5 Å². The highest BCUT2D eigenvalue weighted by Gasteiger charge is 1.99. The summed E-state index contributed by atoms with van der Waals surface area (Å²) in [4.78, 5) is 0. The second-order valence-corrected chi connectivity index (χ2v) is 3.67. The molecule has 0 atom stereocenters. The Morgan fingerprint density at radius 3 is 2.82 bits per heavy atom. The summed E-state index contributed by atoms with van der Waals surface area (Å²) in [6.07, 6.45) is 2.67. The highest BCUT2D eigenvalue weighted by atomic mass is 16.5. The molecule has 0 radical (unpaired) electrons. The van der Waals surface area contributed by atoms with E-state index in [-0.39, 0.29) is 0 Å². The monoisotopic (exact) mass is 232 g/mol. The van der Waals surface area contributed by atoms with Crippen LogP contribution in [-0.2, 0) is 13.0 Å². The zero-order chi connectivity index (χ0) is 11.9. The maximum Gasteiger partial charge on any atom is 0.119 e. The van der Waals surface area contributed by atoms with E-state index in [2.05, 4.69) is 10.3 Å². The summed E-state index contributed by atoms with van der Waals surface area (Å²) in [5.41, 5.74) is 6.37. The topological polar surface area (TPSA) is 66.0 Å². The molecule has 5 heteroatoms. The first-order valence-electron chi connectivity index (χ1n) is 5.65. The molecule has 0 aliphatic heterocycles. The van der Waals surface area contributed by atoms with Crippen LogP contribution < -0.4 is 10.5 Å². The van der Waals surface area contributed by atoms with E-state index in [1.54, 1.807) is 4.68 Å². The van der Waals surface area contributed by atoms with E-state index < -0.39 is 0 Å². The Morgan fingerprint density at radius 1 is 1.24 bits per heavy atom. The number of nitrogens with zero attached hydrogens (tertiary/aromatic N) is 3. The number of nitrogens with two attached hydrogens (primary N) is 1. The Kier molecular flexibility index (Phi) is 4.10. The third-order valence-electron chi connectivity index (χ3n) is 2.32. The number of aromatic nitrogens is 3. The first kappa shape index (κ1) is 11.6. The molecule has 2 aromatic rings. The van der Waals surface area contributed by atoms with Gasteiger partial charge in [-0.2, -0.15) is 0 Å². The van der Waals surface area contributed by atoms with Crippen LogP contribution in [0.25, 0.3) is 0 Å². The van der Waals surface area contributed by atoms with Crippen LogP contribution in [0.1, 0.15) is 5.69 Å². The molecule has 0 saturated carbocycles. The molecule has 1 aromatic heterocycles. The Morgan fingerprint density at radius 2 is 2.06 bits per heavy atom. The second kappa shape index (κ2) is 6.00. The van der Waals surface area contributed by atoms with E-state index in [0.29, 0.717) is 19.7 Å². The Labute approximate surface area is 100 Å². The van der Waals surface area contributed by atoms with Crippen LogP contribution in [0.5, 0.6) is 5.75 Å². The van der Waals surface area contributed by atoms with Gasteiger partial charge in [0, 0.05) is 12.6 Å². The Bertz CT molecular complexity index is 441. The van der Waals surface area contributed by atoms with Gasteiger partial charge in [-0.15, -0.1) is 5.10 Å². The predicted molar refractivity (Wildman–Crippen MR) is 64.7 cm³/mol. The summed E-state index contributed by atoms with van der Waals surface area (Å²) in [6, 6.07) is 9.72. The Hall–Kier alpha value is -1.88. The highest BCUT2D eigenvalue weighted by Crippen LogP contribution is 2.07. The van der Waals surface area contributed by atoms with E-state index in [9.17, 15) is 0 Å². The maximum atomic E-state index is 5.57. The first-order chi connectivity index (χ1) is 8.38. The summed E-state index contributed by atoms with van der Waals surface area (Å²) < 4.78 is 7.34. The van der Waals surface area contributed by atoms with Gasteiger partial charge >= 0.3 is 0 Å². The fraction of sp³-hybridized carbons (Fsp3) is 0.333. The molecule has 2 N–H and O–H groups in total. The van der Waals surface area contributed by atoms with Crippen molar-refractivity contribution in [3.8, 4) is 5.75 Å².